The van der Waals surface area contributed by atoms with Crippen LogP contribution in [0, 0.1) is 11.3 Å². The van der Waals surface area contributed by atoms with Crippen LogP contribution in [0.3, 0.4) is 0 Å². The normalized spacial score (nSPS) is 14.5. The van der Waals surface area contributed by atoms with E-state index in [9.17, 15) is 4.79 Å². The van der Waals surface area contributed by atoms with E-state index in [1.54, 1.807) is 37.6 Å². The summed E-state index contributed by atoms with van der Waals surface area (Å²) >= 11 is 6.54. The van der Waals surface area contributed by atoms with Crippen molar-refractivity contribution in [3.05, 3.63) is 47.6 Å². The Morgan fingerprint density at radius 1 is 1.09 bits per heavy atom. The number of nitrogens with zero attached hydrogens (tertiary/aromatic N) is 2. The molecule has 1 aliphatic heterocycles. The SMILES string of the molecule is COc1cc2c(Oc3ccc(NC(=O)NCCC(C)(C)C)cc3Cl)ccnc2cc1OCCCN1CCC(CCO)CC1. The van der Waals surface area contributed by atoms with Crippen molar-refractivity contribution in [2.24, 2.45) is 11.3 Å². The van der Waals surface area contributed by atoms with Gasteiger partial charge in [-0.15, -0.1) is 0 Å². The third-order valence-electron chi connectivity index (χ3n) is 7.68. The van der Waals surface area contributed by atoms with Crippen molar-refractivity contribution in [1.29, 1.82) is 0 Å². The Bertz CT molecular complexity index is 1360. The minimum atomic E-state index is -0.280. The Labute approximate surface area is 259 Å². The highest BCUT2D eigenvalue weighted by Crippen LogP contribution is 2.39. The molecule has 2 heterocycles. The van der Waals surface area contributed by atoms with Crippen LogP contribution in [0.2, 0.25) is 5.02 Å². The first-order valence-corrected chi connectivity index (χ1v) is 15.5. The maximum absolute atomic E-state index is 12.3. The summed E-state index contributed by atoms with van der Waals surface area (Å²) in [5.41, 5.74) is 1.42. The number of methoxy groups -OCH3 is 1. The first-order valence-electron chi connectivity index (χ1n) is 15.1. The van der Waals surface area contributed by atoms with Gasteiger partial charge in [0.25, 0.3) is 0 Å². The number of carbonyl (C=O) groups excluding carboxylic acids is 1. The van der Waals surface area contributed by atoms with Crippen molar-refractivity contribution in [3.63, 3.8) is 0 Å². The number of rotatable bonds is 13. The number of anilines is 1. The van der Waals surface area contributed by atoms with E-state index in [1.165, 1.54) is 0 Å². The van der Waals surface area contributed by atoms with Crippen LogP contribution in [0.15, 0.2) is 42.6 Å². The number of aromatic nitrogens is 1. The van der Waals surface area contributed by atoms with Crippen LogP contribution in [0.1, 0.15) is 52.9 Å². The molecule has 1 aromatic heterocycles. The number of pyridine rings is 1. The second-order valence-corrected chi connectivity index (χ2v) is 12.7. The summed E-state index contributed by atoms with van der Waals surface area (Å²) in [5.74, 6) is 2.90. The maximum Gasteiger partial charge on any atom is 0.319 e. The van der Waals surface area contributed by atoms with Gasteiger partial charge in [0, 0.05) is 43.0 Å². The van der Waals surface area contributed by atoms with E-state index < -0.39 is 0 Å². The molecule has 2 aromatic carbocycles. The molecule has 0 aliphatic carbocycles. The number of nitrogens with one attached hydrogen (secondary N) is 2. The summed E-state index contributed by atoms with van der Waals surface area (Å²) in [7, 11) is 1.61. The van der Waals surface area contributed by atoms with E-state index in [0.717, 1.165) is 57.1 Å². The Morgan fingerprint density at radius 3 is 2.58 bits per heavy atom. The van der Waals surface area contributed by atoms with Gasteiger partial charge in [0.2, 0.25) is 0 Å². The first kappa shape index (κ1) is 32.6. The summed E-state index contributed by atoms with van der Waals surface area (Å²) in [5, 5.41) is 16.0. The molecule has 1 saturated heterocycles. The van der Waals surface area contributed by atoms with Gasteiger partial charge in [0.15, 0.2) is 11.5 Å². The number of likely N-dealkylation sites (tertiary alicyclic amines) is 1. The molecule has 0 spiro atoms. The molecule has 3 N–H and O–H groups in total. The fourth-order valence-corrected chi connectivity index (χ4v) is 5.37. The van der Waals surface area contributed by atoms with Gasteiger partial charge in [-0.05, 0) is 86.9 Å². The number of fused-ring (bicyclic) bond motifs is 1. The van der Waals surface area contributed by atoms with Gasteiger partial charge in [-0.25, -0.2) is 4.79 Å². The van der Waals surface area contributed by atoms with Crippen molar-refractivity contribution in [2.45, 2.75) is 52.9 Å². The highest BCUT2D eigenvalue weighted by Gasteiger charge is 2.19. The Kier molecular flexibility index (Phi) is 11.7. The average Bonchev–Trinajstić information content (AvgIpc) is 2.96. The summed E-state index contributed by atoms with van der Waals surface area (Å²) in [6.45, 7) is 11.0. The predicted octanol–water partition coefficient (Wildman–Crippen LogP) is 7.11. The second-order valence-electron chi connectivity index (χ2n) is 12.3. The first-order chi connectivity index (χ1) is 20.6. The largest absolute Gasteiger partial charge is 0.493 e. The number of aliphatic hydroxyl groups is 1. The standard InChI is InChI=1S/C33H45ClN4O5/c1-33(2,3)12-14-36-32(40)37-24-6-7-29(26(34)20-24)43-28-8-13-35-27-22-31(30(41-4)21-25(27)28)42-19-5-15-38-16-9-23(10-17-38)11-18-39/h6-8,13,20-23,39H,5,9-12,14-19H2,1-4H3,(H2,36,37,40). The Morgan fingerprint density at radius 2 is 1.88 bits per heavy atom. The number of aliphatic hydroxyl groups excluding tert-OH is 1. The third-order valence-corrected chi connectivity index (χ3v) is 7.97. The number of hydrogen-bond donors (Lipinski definition) is 3. The van der Waals surface area contributed by atoms with E-state index in [2.05, 4.69) is 41.3 Å². The second kappa shape index (κ2) is 15.5. The predicted molar refractivity (Wildman–Crippen MR) is 172 cm³/mol. The average molecular weight is 613 g/mol. The van der Waals surface area contributed by atoms with Gasteiger partial charge in [-0.1, -0.05) is 32.4 Å². The lowest BCUT2D eigenvalue weighted by atomic mass is 9.92. The van der Waals surface area contributed by atoms with Gasteiger partial charge in [-0.2, -0.15) is 0 Å². The molecule has 0 saturated carbocycles. The van der Waals surface area contributed by atoms with Crippen molar-refractivity contribution in [3.8, 4) is 23.0 Å². The van der Waals surface area contributed by atoms with Crippen LogP contribution in [-0.2, 0) is 0 Å². The molecule has 234 valence electrons. The molecule has 0 atom stereocenters. The zero-order chi connectivity index (χ0) is 30.8. The lowest BCUT2D eigenvalue weighted by molar-refractivity contribution is 0.150. The van der Waals surface area contributed by atoms with Crippen LogP contribution in [0.4, 0.5) is 10.5 Å². The zero-order valence-corrected chi connectivity index (χ0v) is 26.5. The molecular formula is C33H45ClN4O5. The van der Waals surface area contributed by atoms with Crippen molar-refractivity contribution in [2.75, 3.05) is 51.8 Å². The number of piperidine rings is 1. The fourth-order valence-electron chi connectivity index (χ4n) is 5.15. The van der Waals surface area contributed by atoms with Crippen LogP contribution in [-0.4, -0.2) is 67.5 Å². The highest BCUT2D eigenvalue weighted by atomic mass is 35.5. The molecule has 0 radical (unpaired) electrons. The summed E-state index contributed by atoms with van der Waals surface area (Å²) in [6, 6.07) is 10.4. The van der Waals surface area contributed by atoms with Gasteiger partial charge in [-0.3, -0.25) is 4.98 Å². The Balaban J connectivity index is 1.35. The van der Waals surface area contributed by atoms with Gasteiger partial charge >= 0.3 is 6.03 Å². The van der Waals surface area contributed by atoms with Crippen LogP contribution < -0.4 is 24.8 Å². The van der Waals surface area contributed by atoms with Gasteiger partial charge in [0.05, 0.1) is 24.3 Å². The topological polar surface area (TPSA) is 105 Å². The maximum atomic E-state index is 12.3. The van der Waals surface area contributed by atoms with E-state index in [4.69, 9.17) is 30.9 Å². The van der Waals surface area contributed by atoms with Gasteiger partial charge in [0.1, 0.15) is 11.5 Å². The molecule has 0 unspecified atom stereocenters. The van der Waals surface area contributed by atoms with Crippen LogP contribution in [0.5, 0.6) is 23.0 Å². The molecule has 1 fully saturated rings. The molecule has 2 amide bonds. The lowest BCUT2D eigenvalue weighted by Gasteiger charge is -2.31. The summed E-state index contributed by atoms with van der Waals surface area (Å²) < 4.78 is 18.0. The minimum absolute atomic E-state index is 0.144. The van der Waals surface area contributed by atoms with Crippen molar-refractivity contribution >= 4 is 34.2 Å². The molecule has 3 aromatic rings. The minimum Gasteiger partial charge on any atom is -0.493 e. The fraction of sp³-hybridized carbons (Fsp3) is 0.515. The molecule has 43 heavy (non-hydrogen) atoms. The monoisotopic (exact) mass is 612 g/mol. The number of benzene rings is 2. The molecular weight excluding hydrogens is 568 g/mol. The van der Waals surface area contributed by atoms with Crippen LogP contribution in [0.25, 0.3) is 10.9 Å². The number of urea groups is 1. The third kappa shape index (κ3) is 9.88. The van der Waals surface area contributed by atoms with E-state index in [1.807, 2.05) is 12.1 Å². The smallest absolute Gasteiger partial charge is 0.319 e. The van der Waals surface area contributed by atoms with E-state index in [0.29, 0.717) is 58.3 Å². The highest BCUT2D eigenvalue weighted by molar-refractivity contribution is 6.32. The molecule has 1 aliphatic rings. The zero-order valence-electron chi connectivity index (χ0n) is 25.7. The Hall–Kier alpha value is -3.27. The number of hydrogen-bond acceptors (Lipinski definition) is 7. The van der Waals surface area contributed by atoms with Crippen LogP contribution >= 0.6 is 11.6 Å². The quantitative estimate of drug-likeness (QED) is 0.177. The molecule has 9 nitrogen and oxygen atoms in total. The summed E-state index contributed by atoms with van der Waals surface area (Å²) in [6.07, 6.45) is 6.67. The van der Waals surface area contributed by atoms with E-state index >= 15 is 0 Å². The molecule has 10 heteroatoms. The van der Waals surface area contributed by atoms with Crippen molar-refractivity contribution in [1.82, 2.24) is 15.2 Å². The molecule has 0 bridgehead atoms. The number of amides is 2. The van der Waals surface area contributed by atoms with E-state index in [-0.39, 0.29) is 18.1 Å². The lowest BCUT2D eigenvalue weighted by Crippen LogP contribution is -2.35. The molecule has 4 rings (SSSR count). The number of ether oxygens (including phenoxy) is 3. The van der Waals surface area contributed by atoms with Crippen molar-refractivity contribution < 1.29 is 24.1 Å². The summed E-state index contributed by atoms with van der Waals surface area (Å²) in [4.78, 5) is 19.3. The van der Waals surface area contributed by atoms with Gasteiger partial charge < -0.3 is 34.9 Å². The number of carbonyl (C=O) groups is 1. The number of halogens is 1.